The minimum absolute atomic E-state index is 0.0235. The molecule has 3 fully saturated rings. The summed E-state index contributed by atoms with van der Waals surface area (Å²) in [7, 11) is 0. The molecule has 1 saturated carbocycles. The van der Waals surface area contributed by atoms with Gasteiger partial charge in [-0.1, -0.05) is 0 Å². The van der Waals surface area contributed by atoms with Gasteiger partial charge in [-0.25, -0.2) is 14.8 Å². The number of nitrogens with two attached hydrogens (primary N) is 1. The lowest BCUT2D eigenvalue weighted by Crippen LogP contribution is -2.62. The van der Waals surface area contributed by atoms with Crippen molar-refractivity contribution >= 4 is 17.8 Å². The van der Waals surface area contributed by atoms with Crippen molar-refractivity contribution < 1.29 is 22.8 Å². The van der Waals surface area contributed by atoms with E-state index in [0.29, 0.717) is 38.4 Å². The zero-order chi connectivity index (χ0) is 21.5. The molecule has 1 spiro atoms. The zero-order valence-electron chi connectivity index (χ0n) is 16.5. The highest BCUT2D eigenvalue weighted by molar-refractivity contribution is 5.80. The van der Waals surface area contributed by atoms with Crippen LogP contribution in [-0.4, -0.2) is 63.9 Å². The number of nitrogens with zero attached hydrogens (tertiary/aromatic N) is 4. The molecule has 4 rings (SSSR count). The maximum Gasteiger partial charge on any atom is 0.434 e. The largest absolute Gasteiger partial charge is 0.434 e. The quantitative estimate of drug-likeness (QED) is 0.770. The molecule has 3 amide bonds. The molecule has 0 bridgehead atoms. The van der Waals surface area contributed by atoms with E-state index >= 15 is 0 Å². The van der Waals surface area contributed by atoms with E-state index in [1.807, 2.05) is 4.90 Å². The second kappa shape index (κ2) is 7.59. The van der Waals surface area contributed by atoms with Gasteiger partial charge in [-0.05, 0) is 32.1 Å². The van der Waals surface area contributed by atoms with E-state index in [2.05, 4.69) is 15.3 Å². The summed E-state index contributed by atoms with van der Waals surface area (Å²) in [5.41, 5.74) is 4.44. The molecule has 3 heterocycles. The molecule has 0 aromatic carbocycles. The van der Waals surface area contributed by atoms with Gasteiger partial charge >= 0.3 is 12.2 Å². The van der Waals surface area contributed by atoms with Crippen LogP contribution in [-0.2, 0) is 11.0 Å². The Morgan fingerprint density at radius 2 is 1.80 bits per heavy atom. The molecule has 164 valence electrons. The topological polar surface area (TPSA) is 104 Å². The van der Waals surface area contributed by atoms with Gasteiger partial charge in [0.1, 0.15) is 5.82 Å². The second-order valence-corrected chi connectivity index (χ2v) is 8.68. The predicted molar refractivity (Wildman–Crippen MR) is 101 cm³/mol. The second-order valence-electron chi connectivity index (χ2n) is 8.68. The monoisotopic (exact) mass is 426 g/mol. The number of rotatable bonds is 3. The summed E-state index contributed by atoms with van der Waals surface area (Å²) in [6.07, 6.45) is 1.58. The Labute approximate surface area is 172 Å². The number of alkyl halides is 3. The minimum Gasteiger partial charge on any atom is -0.369 e. The van der Waals surface area contributed by atoms with Crippen LogP contribution in [0, 0.1) is 11.3 Å². The fourth-order valence-corrected chi connectivity index (χ4v) is 4.71. The maximum absolute atomic E-state index is 12.6. The summed E-state index contributed by atoms with van der Waals surface area (Å²) in [6, 6.07) is 0.103. The Balaban J connectivity index is 1.23. The van der Waals surface area contributed by atoms with Crippen molar-refractivity contribution in [2.24, 2.45) is 17.1 Å². The highest BCUT2D eigenvalue weighted by atomic mass is 19.4. The Morgan fingerprint density at radius 3 is 2.33 bits per heavy atom. The van der Waals surface area contributed by atoms with E-state index in [9.17, 15) is 22.8 Å². The van der Waals surface area contributed by atoms with Gasteiger partial charge in [-0.3, -0.25) is 4.79 Å². The molecule has 0 unspecified atom stereocenters. The van der Waals surface area contributed by atoms with Crippen LogP contribution in [0.1, 0.15) is 37.8 Å². The molecule has 2 aliphatic heterocycles. The number of primary amides is 1. The molecule has 11 heteroatoms. The van der Waals surface area contributed by atoms with Gasteiger partial charge in [0.25, 0.3) is 0 Å². The molecule has 3 N–H and O–H groups in total. The van der Waals surface area contributed by atoms with E-state index < -0.39 is 11.9 Å². The van der Waals surface area contributed by atoms with Crippen LogP contribution in [0.5, 0.6) is 0 Å². The number of aromatic nitrogens is 2. The summed E-state index contributed by atoms with van der Waals surface area (Å²) >= 11 is 0. The lowest BCUT2D eigenvalue weighted by molar-refractivity contribution is -0.141. The fourth-order valence-electron chi connectivity index (χ4n) is 4.71. The SMILES string of the molecule is NC(=O)[C@H]1CCN(C(=O)N2CC3(CCC(Nc4cnc(C(F)(F)F)cn4)CC3)C2)C1. The molecule has 1 aromatic heterocycles. The molecule has 1 aliphatic carbocycles. The summed E-state index contributed by atoms with van der Waals surface area (Å²) in [5, 5.41) is 3.17. The molecular weight excluding hydrogens is 401 g/mol. The number of hydrogen-bond donors (Lipinski definition) is 2. The summed E-state index contributed by atoms with van der Waals surface area (Å²) in [4.78, 5) is 34.7. The van der Waals surface area contributed by atoms with Crippen molar-refractivity contribution in [2.75, 3.05) is 31.5 Å². The van der Waals surface area contributed by atoms with Crippen molar-refractivity contribution in [1.82, 2.24) is 19.8 Å². The predicted octanol–water partition coefficient (Wildman–Crippen LogP) is 2.08. The third-order valence-electron chi connectivity index (χ3n) is 6.52. The highest BCUT2D eigenvalue weighted by Crippen LogP contribution is 2.45. The number of carbonyl (C=O) groups is 2. The minimum atomic E-state index is -4.49. The normalized spacial score (nSPS) is 24.0. The average molecular weight is 426 g/mol. The molecule has 3 aliphatic rings. The van der Waals surface area contributed by atoms with E-state index in [-0.39, 0.29) is 29.3 Å². The van der Waals surface area contributed by atoms with Gasteiger partial charge in [0.05, 0.1) is 18.3 Å². The molecule has 30 heavy (non-hydrogen) atoms. The van der Waals surface area contributed by atoms with Crippen molar-refractivity contribution in [2.45, 2.75) is 44.3 Å². The van der Waals surface area contributed by atoms with Crippen LogP contribution >= 0.6 is 0 Å². The van der Waals surface area contributed by atoms with Crippen molar-refractivity contribution in [3.63, 3.8) is 0 Å². The number of urea groups is 1. The van der Waals surface area contributed by atoms with E-state index in [0.717, 1.165) is 38.1 Å². The molecule has 1 atom stereocenters. The number of nitrogens with one attached hydrogen (secondary N) is 1. The number of carbonyl (C=O) groups excluding carboxylic acids is 2. The first-order valence-electron chi connectivity index (χ1n) is 10.1. The summed E-state index contributed by atoms with van der Waals surface area (Å²) in [5.74, 6) is -0.264. The molecule has 8 nitrogen and oxygen atoms in total. The van der Waals surface area contributed by atoms with Crippen LogP contribution in [0.15, 0.2) is 12.4 Å². The van der Waals surface area contributed by atoms with Crippen molar-refractivity contribution in [3.05, 3.63) is 18.1 Å². The fraction of sp³-hybridized carbons (Fsp3) is 0.684. The van der Waals surface area contributed by atoms with Crippen molar-refractivity contribution in [3.8, 4) is 0 Å². The third kappa shape index (κ3) is 4.15. The van der Waals surface area contributed by atoms with Gasteiger partial charge in [-0.2, -0.15) is 13.2 Å². The van der Waals surface area contributed by atoms with Crippen LogP contribution in [0.2, 0.25) is 0 Å². The smallest absolute Gasteiger partial charge is 0.369 e. The molecule has 1 aromatic rings. The first-order chi connectivity index (χ1) is 14.2. The van der Waals surface area contributed by atoms with E-state index in [4.69, 9.17) is 5.73 Å². The third-order valence-corrected chi connectivity index (χ3v) is 6.52. The van der Waals surface area contributed by atoms with Gasteiger partial charge in [0.2, 0.25) is 5.91 Å². The lowest BCUT2D eigenvalue weighted by Gasteiger charge is -2.54. The Hall–Kier alpha value is -2.59. The molecule has 0 radical (unpaired) electrons. The highest BCUT2D eigenvalue weighted by Gasteiger charge is 2.48. The average Bonchev–Trinajstić information content (AvgIpc) is 3.17. The van der Waals surface area contributed by atoms with Gasteiger partial charge in [-0.15, -0.1) is 0 Å². The van der Waals surface area contributed by atoms with Crippen molar-refractivity contribution in [1.29, 1.82) is 0 Å². The molecule has 2 saturated heterocycles. The maximum atomic E-state index is 12.6. The Bertz CT molecular complexity index is 799. The zero-order valence-corrected chi connectivity index (χ0v) is 16.5. The van der Waals surface area contributed by atoms with Crippen LogP contribution in [0.25, 0.3) is 0 Å². The van der Waals surface area contributed by atoms with E-state index in [1.54, 1.807) is 4.90 Å². The first-order valence-corrected chi connectivity index (χ1v) is 10.1. The number of likely N-dealkylation sites (tertiary alicyclic amines) is 2. The Morgan fingerprint density at radius 1 is 1.10 bits per heavy atom. The standard InChI is InChI=1S/C19H25F3N6O2/c20-19(21,22)14-7-25-15(8-24-14)26-13-1-4-18(5-2-13)10-28(11-18)17(30)27-6-3-12(9-27)16(23)29/h7-8,12-13H,1-6,9-11H2,(H2,23,29)(H,25,26)/t12-/m0/s1. The number of anilines is 1. The lowest BCUT2D eigenvalue weighted by atomic mass is 9.67. The van der Waals surface area contributed by atoms with Gasteiger partial charge in [0.15, 0.2) is 5.69 Å². The summed E-state index contributed by atoms with van der Waals surface area (Å²) in [6.45, 7) is 2.38. The van der Waals surface area contributed by atoms with Crippen LogP contribution in [0.4, 0.5) is 23.8 Å². The number of hydrogen-bond acceptors (Lipinski definition) is 5. The number of halogens is 3. The summed E-state index contributed by atoms with van der Waals surface area (Å²) < 4.78 is 37.7. The van der Waals surface area contributed by atoms with Gasteiger partial charge in [0, 0.05) is 37.6 Å². The Kier molecular flexibility index (Phi) is 5.23. The number of amides is 3. The van der Waals surface area contributed by atoms with Crippen LogP contribution in [0.3, 0.4) is 0 Å². The van der Waals surface area contributed by atoms with Gasteiger partial charge < -0.3 is 20.9 Å². The molecular formula is C19H25F3N6O2. The van der Waals surface area contributed by atoms with E-state index in [1.165, 1.54) is 0 Å². The van der Waals surface area contributed by atoms with Crippen LogP contribution < -0.4 is 11.1 Å². The first kappa shape index (κ1) is 20.7.